The topological polar surface area (TPSA) is 9.23 Å². The van der Waals surface area contributed by atoms with E-state index in [4.69, 9.17) is 27.9 Å². The van der Waals surface area contributed by atoms with E-state index in [0.717, 1.165) is 46.9 Å². The second-order valence-corrected chi connectivity index (χ2v) is 9.93. The number of hydrogen-bond acceptors (Lipinski definition) is 1. The van der Waals surface area contributed by atoms with Gasteiger partial charge in [-0.05, 0) is 69.8 Å². The Morgan fingerprint density at radius 2 is 1.45 bits per heavy atom. The summed E-state index contributed by atoms with van der Waals surface area (Å²) in [5.74, 6) is 3.38. The number of hydrogen-bond donors (Lipinski definition) is 0. The van der Waals surface area contributed by atoms with Crippen LogP contribution in [0.25, 0.3) is 22.3 Å². The number of alkyl halides is 2. The fraction of sp³-hybridized carbons (Fsp3) is 0.400. The highest BCUT2D eigenvalue weighted by atomic mass is 35.5. The number of ether oxygens (including phenoxy) is 1. The first-order valence-electron chi connectivity index (χ1n) is 12.1. The third kappa shape index (κ3) is 7.52. The molecule has 1 unspecified atom stereocenters. The van der Waals surface area contributed by atoms with Gasteiger partial charge in [-0.3, -0.25) is 0 Å². The minimum Gasteiger partial charge on any atom is -0.494 e. The average molecular weight is 484 g/mol. The maximum Gasteiger partial charge on any atom is 0.119 e. The molecule has 0 heterocycles. The van der Waals surface area contributed by atoms with Crippen LogP contribution in [0.3, 0.4) is 0 Å². The molecule has 1 nitrogen and oxygen atoms in total. The number of halogens is 2. The third-order valence-electron chi connectivity index (χ3n) is 6.21. The lowest BCUT2D eigenvalue weighted by Gasteiger charge is -2.15. The molecule has 0 fully saturated rings. The first-order valence-corrected chi connectivity index (χ1v) is 13.1. The van der Waals surface area contributed by atoms with Gasteiger partial charge in [0.05, 0.1) is 6.61 Å². The van der Waals surface area contributed by atoms with Crippen LogP contribution in [-0.4, -0.2) is 6.61 Å². The molecule has 0 N–H and O–H groups in total. The number of benzene rings is 3. The van der Waals surface area contributed by atoms with Crippen LogP contribution in [0.2, 0.25) is 0 Å². The summed E-state index contributed by atoms with van der Waals surface area (Å²) in [5, 5.41) is 0. The molecule has 3 heteroatoms. The van der Waals surface area contributed by atoms with Gasteiger partial charge in [-0.1, -0.05) is 88.6 Å². The van der Waals surface area contributed by atoms with Gasteiger partial charge in [0.2, 0.25) is 0 Å². The van der Waals surface area contributed by atoms with E-state index in [9.17, 15) is 0 Å². The molecule has 0 aliphatic rings. The average Bonchev–Trinajstić information content (AvgIpc) is 2.84. The van der Waals surface area contributed by atoms with Crippen LogP contribution < -0.4 is 4.74 Å². The van der Waals surface area contributed by atoms with Gasteiger partial charge in [-0.15, -0.1) is 23.2 Å². The molecule has 0 aliphatic heterocycles. The Hall–Kier alpha value is -1.96. The van der Waals surface area contributed by atoms with Gasteiger partial charge in [0.1, 0.15) is 5.75 Å². The molecule has 33 heavy (non-hydrogen) atoms. The van der Waals surface area contributed by atoms with E-state index in [1.54, 1.807) is 0 Å². The minimum absolute atomic E-state index is 0.467. The molecular formula is C30H36Cl2O. The zero-order chi connectivity index (χ0) is 23.6. The first-order chi connectivity index (χ1) is 16.0. The predicted octanol–water partition coefficient (Wildman–Crippen LogP) is 9.73. The van der Waals surface area contributed by atoms with Crippen molar-refractivity contribution >= 4 is 23.2 Å². The van der Waals surface area contributed by atoms with E-state index in [-0.39, 0.29) is 0 Å². The maximum absolute atomic E-state index is 6.26. The van der Waals surface area contributed by atoms with E-state index >= 15 is 0 Å². The van der Waals surface area contributed by atoms with Gasteiger partial charge in [-0.2, -0.15) is 0 Å². The van der Waals surface area contributed by atoms with Crippen molar-refractivity contribution in [3.63, 3.8) is 0 Å². The normalized spacial score (nSPS) is 12.2. The maximum atomic E-state index is 6.26. The Morgan fingerprint density at radius 3 is 2.12 bits per heavy atom. The SMILES string of the molecule is CC(C)CCCC(C)CCOc1ccc(-c2ccccc2-c2cc(CCl)ccc2CCl)cc1. The first kappa shape index (κ1) is 25.7. The molecule has 176 valence electrons. The van der Waals surface area contributed by atoms with Crippen molar-refractivity contribution in [3.8, 4) is 28.0 Å². The Bertz CT molecular complexity index is 994. The van der Waals surface area contributed by atoms with Gasteiger partial charge in [0.25, 0.3) is 0 Å². The third-order valence-corrected chi connectivity index (χ3v) is 6.81. The molecule has 3 rings (SSSR count). The van der Waals surface area contributed by atoms with Gasteiger partial charge >= 0.3 is 0 Å². The van der Waals surface area contributed by atoms with Crippen LogP contribution in [0.1, 0.15) is 57.6 Å². The Labute approximate surface area is 210 Å². The fourth-order valence-electron chi connectivity index (χ4n) is 4.17. The van der Waals surface area contributed by atoms with Gasteiger partial charge in [0.15, 0.2) is 0 Å². The van der Waals surface area contributed by atoms with Crippen molar-refractivity contribution in [2.75, 3.05) is 6.61 Å². The van der Waals surface area contributed by atoms with Crippen molar-refractivity contribution in [1.82, 2.24) is 0 Å². The van der Waals surface area contributed by atoms with E-state index in [1.807, 2.05) is 6.07 Å². The molecule has 0 aromatic heterocycles. The fourth-order valence-corrected chi connectivity index (χ4v) is 4.57. The summed E-state index contributed by atoms with van der Waals surface area (Å²) < 4.78 is 6.04. The molecule has 0 saturated carbocycles. The summed E-state index contributed by atoms with van der Waals surface area (Å²) in [6, 6.07) is 23.2. The highest BCUT2D eigenvalue weighted by molar-refractivity contribution is 6.18. The summed E-state index contributed by atoms with van der Waals surface area (Å²) in [6.07, 6.45) is 5.01. The summed E-state index contributed by atoms with van der Waals surface area (Å²) in [4.78, 5) is 0. The van der Waals surface area contributed by atoms with Crippen molar-refractivity contribution in [1.29, 1.82) is 0 Å². The van der Waals surface area contributed by atoms with E-state index in [2.05, 4.69) is 81.4 Å². The molecule has 0 aliphatic carbocycles. The van der Waals surface area contributed by atoms with Gasteiger partial charge in [0, 0.05) is 11.8 Å². The van der Waals surface area contributed by atoms with Crippen LogP contribution >= 0.6 is 23.2 Å². The Morgan fingerprint density at radius 1 is 0.727 bits per heavy atom. The zero-order valence-corrected chi connectivity index (χ0v) is 21.6. The highest BCUT2D eigenvalue weighted by Crippen LogP contribution is 2.36. The Balaban J connectivity index is 1.69. The van der Waals surface area contributed by atoms with Gasteiger partial charge < -0.3 is 4.74 Å². The molecule has 3 aromatic rings. The minimum atomic E-state index is 0.467. The van der Waals surface area contributed by atoms with Crippen molar-refractivity contribution in [2.24, 2.45) is 11.8 Å². The summed E-state index contributed by atoms with van der Waals surface area (Å²) in [6.45, 7) is 7.69. The summed E-state index contributed by atoms with van der Waals surface area (Å²) >= 11 is 12.4. The smallest absolute Gasteiger partial charge is 0.119 e. The molecular weight excluding hydrogens is 447 g/mol. The lowest BCUT2D eigenvalue weighted by atomic mass is 9.91. The van der Waals surface area contributed by atoms with Crippen molar-refractivity contribution in [2.45, 2.75) is 58.2 Å². The number of rotatable bonds is 12. The van der Waals surface area contributed by atoms with Crippen molar-refractivity contribution < 1.29 is 4.74 Å². The molecule has 0 saturated heterocycles. The van der Waals surface area contributed by atoms with Crippen LogP contribution in [0.5, 0.6) is 5.75 Å². The quantitative estimate of drug-likeness (QED) is 0.233. The van der Waals surface area contributed by atoms with E-state index in [0.29, 0.717) is 17.7 Å². The monoisotopic (exact) mass is 482 g/mol. The molecule has 0 spiro atoms. The van der Waals surface area contributed by atoms with E-state index < -0.39 is 0 Å². The van der Waals surface area contributed by atoms with Gasteiger partial charge in [-0.25, -0.2) is 0 Å². The Kier molecular flexibility index (Phi) is 10.2. The largest absolute Gasteiger partial charge is 0.494 e. The standard InChI is InChI=1S/C30H36Cl2O/c1-22(2)7-6-8-23(3)17-18-33-27-15-13-25(14-16-27)28-9-4-5-10-29(28)30-19-24(20-31)11-12-26(30)21-32/h4-5,9-16,19,22-23H,6-8,17-18,20-21H2,1-3H3. The van der Waals surface area contributed by atoms with Crippen LogP contribution in [-0.2, 0) is 11.8 Å². The molecule has 3 aromatic carbocycles. The van der Waals surface area contributed by atoms with Crippen LogP contribution in [0.4, 0.5) is 0 Å². The van der Waals surface area contributed by atoms with Crippen molar-refractivity contribution in [3.05, 3.63) is 77.9 Å². The molecule has 0 amide bonds. The molecule has 1 atom stereocenters. The summed E-state index contributed by atoms with van der Waals surface area (Å²) in [5.41, 5.74) is 6.87. The highest BCUT2D eigenvalue weighted by Gasteiger charge is 2.12. The lowest BCUT2D eigenvalue weighted by molar-refractivity contribution is 0.276. The van der Waals surface area contributed by atoms with E-state index in [1.165, 1.54) is 30.4 Å². The summed E-state index contributed by atoms with van der Waals surface area (Å²) in [7, 11) is 0. The predicted molar refractivity (Wildman–Crippen MR) is 144 cm³/mol. The lowest BCUT2D eigenvalue weighted by Crippen LogP contribution is -2.04. The second kappa shape index (κ2) is 13.1. The molecule has 0 bridgehead atoms. The van der Waals surface area contributed by atoms with Crippen LogP contribution in [0, 0.1) is 11.8 Å². The zero-order valence-electron chi connectivity index (χ0n) is 20.1. The second-order valence-electron chi connectivity index (χ2n) is 9.40. The molecule has 0 radical (unpaired) electrons. The van der Waals surface area contributed by atoms with Crippen LogP contribution in [0.15, 0.2) is 66.7 Å².